The first-order valence-electron chi connectivity index (χ1n) is 8.26. The predicted octanol–water partition coefficient (Wildman–Crippen LogP) is 3.81. The van der Waals surface area contributed by atoms with Gasteiger partial charge < -0.3 is 14.5 Å². The summed E-state index contributed by atoms with van der Waals surface area (Å²) < 4.78 is 6.43. The third-order valence-corrected chi connectivity index (χ3v) is 5.19. The molecule has 130 valence electrons. The number of likely N-dealkylation sites (tertiary alicyclic amines) is 1. The van der Waals surface area contributed by atoms with Gasteiger partial charge in [-0.2, -0.15) is 0 Å². The number of hydrogen-bond acceptors (Lipinski definition) is 3. The third-order valence-electron chi connectivity index (χ3n) is 4.66. The number of amides is 2. The molecule has 6 heteroatoms. The Labute approximate surface area is 151 Å². The second-order valence-electron chi connectivity index (χ2n) is 7.62. The summed E-state index contributed by atoms with van der Waals surface area (Å²) in [5.41, 5.74) is -0.0595. The SMILES string of the molecule is CC(C)(C)OC(=O)N1CCC2(CCN(c3ccc(Br)cc3)C2=O)C1. The minimum Gasteiger partial charge on any atom is -0.444 e. The summed E-state index contributed by atoms with van der Waals surface area (Å²) in [4.78, 5) is 28.8. The summed E-state index contributed by atoms with van der Waals surface area (Å²) in [7, 11) is 0. The molecule has 0 saturated carbocycles. The number of halogens is 1. The summed E-state index contributed by atoms with van der Waals surface area (Å²) in [5, 5.41) is 0. The van der Waals surface area contributed by atoms with Crippen molar-refractivity contribution in [2.45, 2.75) is 39.2 Å². The van der Waals surface area contributed by atoms with Crippen LogP contribution in [0.15, 0.2) is 28.7 Å². The molecular weight excluding hydrogens is 372 g/mol. The zero-order chi connectivity index (χ0) is 17.5. The van der Waals surface area contributed by atoms with E-state index in [0.717, 1.165) is 16.6 Å². The molecule has 0 radical (unpaired) electrons. The second kappa shape index (κ2) is 6.06. The zero-order valence-electron chi connectivity index (χ0n) is 14.3. The predicted molar refractivity (Wildman–Crippen MR) is 96.0 cm³/mol. The first kappa shape index (κ1) is 17.3. The summed E-state index contributed by atoms with van der Waals surface area (Å²) >= 11 is 3.42. The maximum Gasteiger partial charge on any atom is 0.410 e. The minimum absolute atomic E-state index is 0.121. The Hall–Kier alpha value is -1.56. The first-order chi connectivity index (χ1) is 11.2. The Kier molecular flexibility index (Phi) is 4.36. The summed E-state index contributed by atoms with van der Waals surface area (Å²) in [6.45, 7) is 7.29. The van der Waals surface area contributed by atoms with Crippen LogP contribution in [0.4, 0.5) is 10.5 Å². The maximum atomic E-state index is 13.0. The summed E-state index contributed by atoms with van der Waals surface area (Å²) in [6.07, 6.45) is 1.16. The lowest BCUT2D eigenvalue weighted by atomic mass is 9.85. The van der Waals surface area contributed by atoms with Gasteiger partial charge in [-0.25, -0.2) is 4.79 Å². The number of carbonyl (C=O) groups is 2. The number of ether oxygens (including phenoxy) is 1. The van der Waals surface area contributed by atoms with E-state index in [0.29, 0.717) is 26.1 Å². The van der Waals surface area contributed by atoms with Crippen LogP contribution in [0, 0.1) is 5.41 Å². The van der Waals surface area contributed by atoms with Gasteiger partial charge in [0.2, 0.25) is 5.91 Å². The number of hydrogen-bond donors (Lipinski definition) is 0. The molecule has 1 spiro atoms. The van der Waals surface area contributed by atoms with Crippen molar-refractivity contribution in [3.8, 4) is 0 Å². The smallest absolute Gasteiger partial charge is 0.410 e. The molecule has 5 nitrogen and oxygen atoms in total. The van der Waals surface area contributed by atoms with Crippen LogP contribution in [0.5, 0.6) is 0 Å². The monoisotopic (exact) mass is 394 g/mol. The van der Waals surface area contributed by atoms with Crippen LogP contribution in [0.25, 0.3) is 0 Å². The number of benzene rings is 1. The molecule has 2 heterocycles. The Morgan fingerprint density at radius 1 is 1.17 bits per heavy atom. The fourth-order valence-electron chi connectivity index (χ4n) is 3.42. The molecule has 0 N–H and O–H groups in total. The van der Waals surface area contributed by atoms with Gasteiger partial charge in [0.15, 0.2) is 0 Å². The standard InChI is InChI=1S/C18H23BrN2O3/c1-17(2,3)24-16(23)20-10-8-18(12-20)9-11-21(15(18)22)14-6-4-13(19)5-7-14/h4-7H,8-12H2,1-3H3. The van der Waals surface area contributed by atoms with E-state index in [2.05, 4.69) is 15.9 Å². The van der Waals surface area contributed by atoms with Gasteiger partial charge in [-0.3, -0.25) is 4.79 Å². The first-order valence-corrected chi connectivity index (χ1v) is 9.05. The van der Waals surface area contributed by atoms with Gasteiger partial charge in [0, 0.05) is 29.8 Å². The highest BCUT2D eigenvalue weighted by atomic mass is 79.9. The minimum atomic E-state index is -0.518. The lowest BCUT2D eigenvalue weighted by Gasteiger charge is -2.26. The van der Waals surface area contributed by atoms with Crippen LogP contribution in [0.2, 0.25) is 0 Å². The van der Waals surface area contributed by atoms with E-state index in [1.807, 2.05) is 49.9 Å². The molecule has 0 aromatic heterocycles. The zero-order valence-corrected chi connectivity index (χ0v) is 15.9. The van der Waals surface area contributed by atoms with Crippen LogP contribution in [-0.4, -0.2) is 42.1 Å². The topological polar surface area (TPSA) is 49.9 Å². The molecule has 0 aliphatic carbocycles. The molecule has 1 atom stereocenters. The number of nitrogens with zero attached hydrogens (tertiary/aromatic N) is 2. The maximum absolute atomic E-state index is 13.0. The van der Waals surface area contributed by atoms with Crippen molar-refractivity contribution in [2.75, 3.05) is 24.5 Å². The summed E-state index contributed by atoms with van der Waals surface area (Å²) in [6, 6.07) is 7.77. The lowest BCUT2D eigenvalue weighted by Crippen LogP contribution is -2.40. The van der Waals surface area contributed by atoms with Gasteiger partial charge in [-0.15, -0.1) is 0 Å². The molecular formula is C18H23BrN2O3. The van der Waals surface area contributed by atoms with Crippen LogP contribution in [0.3, 0.4) is 0 Å². The Balaban J connectivity index is 1.71. The molecule has 3 rings (SSSR count). The molecule has 1 aromatic carbocycles. The van der Waals surface area contributed by atoms with Crippen molar-refractivity contribution < 1.29 is 14.3 Å². The van der Waals surface area contributed by atoms with E-state index in [1.54, 1.807) is 4.90 Å². The van der Waals surface area contributed by atoms with Gasteiger partial charge in [-0.1, -0.05) is 15.9 Å². The van der Waals surface area contributed by atoms with Crippen molar-refractivity contribution in [1.29, 1.82) is 0 Å². The molecule has 2 saturated heterocycles. The number of anilines is 1. The van der Waals surface area contributed by atoms with Crippen molar-refractivity contribution >= 4 is 33.6 Å². The molecule has 0 bridgehead atoms. The van der Waals surface area contributed by atoms with Crippen molar-refractivity contribution in [2.24, 2.45) is 5.41 Å². The molecule has 2 aliphatic rings. The molecule has 2 amide bonds. The van der Waals surface area contributed by atoms with Gasteiger partial charge in [0.25, 0.3) is 0 Å². The van der Waals surface area contributed by atoms with E-state index in [4.69, 9.17) is 4.74 Å². The van der Waals surface area contributed by atoms with E-state index < -0.39 is 11.0 Å². The van der Waals surface area contributed by atoms with Gasteiger partial charge >= 0.3 is 6.09 Å². The lowest BCUT2D eigenvalue weighted by molar-refractivity contribution is -0.124. The summed E-state index contributed by atoms with van der Waals surface area (Å²) in [5.74, 6) is 0.121. The van der Waals surface area contributed by atoms with Crippen LogP contribution in [0.1, 0.15) is 33.6 Å². The molecule has 1 unspecified atom stereocenters. The average Bonchev–Trinajstić information content (AvgIpc) is 3.05. The van der Waals surface area contributed by atoms with Gasteiger partial charge in [-0.05, 0) is 57.9 Å². The Morgan fingerprint density at radius 2 is 1.79 bits per heavy atom. The third kappa shape index (κ3) is 3.29. The largest absolute Gasteiger partial charge is 0.444 e. The quantitative estimate of drug-likeness (QED) is 0.727. The average molecular weight is 395 g/mol. The Morgan fingerprint density at radius 3 is 2.42 bits per heavy atom. The van der Waals surface area contributed by atoms with E-state index in [1.165, 1.54) is 0 Å². The number of carbonyl (C=O) groups excluding carboxylic acids is 2. The van der Waals surface area contributed by atoms with Gasteiger partial charge in [0.05, 0.1) is 5.41 Å². The van der Waals surface area contributed by atoms with Crippen molar-refractivity contribution in [1.82, 2.24) is 4.90 Å². The molecule has 2 aliphatic heterocycles. The molecule has 2 fully saturated rings. The van der Waals surface area contributed by atoms with Crippen LogP contribution < -0.4 is 4.90 Å². The van der Waals surface area contributed by atoms with E-state index in [9.17, 15) is 9.59 Å². The highest BCUT2D eigenvalue weighted by Gasteiger charge is 2.52. The normalized spacial score (nSPS) is 24.1. The fourth-order valence-corrected chi connectivity index (χ4v) is 3.69. The molecule has 24 heavy (non-hydrogen) atoms. The molecule has 1 aromatic rings. The number of rotatable bonds is 1. The van der Waals surface area contributed by atoms with Crippen molar-refractivity contribution in [3.05, 3.63) is 28.7 Å². The highest BCUT2D eigenvalue weighted by Crippen LogP contribution is 2.42. The van der Waals surface area contributed by atoms with E-state index >= 15 is 0 Å². The van der Waals surface area contributed by atoms with Crippen LogP contribution in [-0.2, 0) is 9.53 Å². The van der Waals surface area contributed by atoms with Crippen LogP contribution >= 0.6 is 15.9 Å². The van der Waals surface area contributed by atoms with Gasteiger partial charge in [0.1, 0.15) is 5.60 Å². The van der Waals surface area contributed by atoms with Crippen molar-refractivity contribution in [3.63, 3.8) is 0 Å². The highest BCUT2D eigenvalue weighted by molar-refractivity contribution is 9.10. The fraction of sp³-hybridized carbons (Fsp3) is 0.556. The Bertz CT molecular complexity index is 653. The van der Waals surface area contributed by atoms with E-state index in [-0.39, 0.29) is 12.0 Å². The second-order valence-corrected chi connectivity index (χ2v) is 8.53.